The Balaban J connectivity index is 1.66. The molecule has 4 aliphatic rings. The molecule has 3 heterocycles. The van der Waals surface area contributed by atoms with Crippen LogP contribution in [0.3, 0.4) is 0 Å². The number of hydrogen-bond acceptors (Lipinski definition) is 5. The molecule has 17 heavy (non-hydrogen) atoms. The minimum absolute atomic E-state index is 0.00799. The topological polar surface area (TPSA) is 54.0 Å². The van der Waals surface area contributed by atoms with Gasteiger partial charge in [-0.3, -0.25) is 4.79 Å². The summed E-state index contributed by atoms with van der Waals surface area (Å²) in [7, 11) is 0. The molecule has 1 aliphatic carbocycles. The third-order valence-electron chi connectivity index (χ3n) is 4.28. The molecule has 0 aromatic heterocycles. The highest BCUT2D eigenvalue weighted by molar-refractivity contribution is 5.73. The number of esters is 1. The van der Waals surface area contributed by atoms with Crippen molar-refractivity contribution < 1.29 is 23.7 Å². The number of ether oxygens (including phenoxy) is 4. The molecule has 2 unspecified atom stereocenters. The van der Waals surface area contributed by atoms with Crippen molar-refractivity contribution in [1.82, 2.24) is 0 Å². The second-order valence-electron chi connectivity index (χ2n) is 5.95. The van der Waals surface area contributed by atoms with Gasteiger partial charge in [-0.2, -0.15) is 0 Å². The van der Waals surface area contributed by atoms with E-state index in [1.807, 2.05) is 13.8 Å². The molecular weight excluding hydrogens is 224 g/mol. The Morgan fingerprint density at radius 1 is 1.18 bits per heavy atom. The van der Waals surface area contributed by atoms with E-state index in [2.05, 4.69) is 0 Å². The lowest BCUT2D eigenvalue weighted by Gasteiger charge is -2.34. The summed E-state index contributed by atoms with van der Waals surface area (Å²) in [6.45, 7) is 3.82. The Bertz CT molecular complexity index is 392. The maximum absolute atomic E-state index is 11.4. The second-order valence-corrected chi connectivity index (χ2v) is 5.95. The third kappa shape index (κ3) is 1.27. The van der Waals surface area contributed by atoms with E-state index in [0.717, 1.165) is 6.42 Å². The largest absolute Gasteiger partial charge is 0.456 e. The molecule has 1 saturated carbocycles. The van der Waals surface area contributed by atoms with E-state index in [1.165, 1.54) is 0 Å². The maximum Gasteiger partial charge on any atom is 0.309 e. The molecule has 94 valence electrons. The van der Waals surface area contributed by atoms with Crippen LogP contribution in [-0.4, -0.2) is 41.8 Å². The van der Waals surface area contributed by atoms with Gasteiger partial charge in [0.25, 0.3) is 0 Å². The number of rotatable bonds is 0. The van der Waals surface area contributed by atoms with Crippen molar-refractivity contribution in [3.8, 4) is 0 Å². The highest BCUT2D eigenvalue weighted by Gasteiger charge is 2.66. The first kappa shape index (κ1) is 10.3. The molecule has 1 spiro atoms. The van der Waals surface area contributed by atoms with Gasteiger partial charge in [-0.1, -0.05) is 0 Å². The average Bonchev–Trinajstić information content (AvgIpc) is 2.72. The van der Waals surface area contributed by atoms with Gasteiger partial charge in [0.05, 0.1) is 18.6 Å². The van der Waals surface area contributed by atoms with E-state index in [-0.39, 0.29) is 30.4 Å². The summed E-state index contributed by atoms with van der Waals surface area (Å²) >= 11 is 0. The zero-order valence-electron chi connectivity index (χ0n) is 9.97. The standard InChI is InChI=1S/C12H16O5/c1-11(2)15-7-5-12-4-6(10(7)17-11)14-8(12)3-9(13)16-12/h6-8,10H,3-5H2,1-2H3/t6-,7-,8?,10+,12?/m1/s1. The van der Waals surface area contributed by atoms with Gasteiger partial charge in [0.15, 0.2) is 5.79 Å². The fourth-order valence-electron chi connectivity index (χ4n) is 3.74. The van der Waals surface area contributed by atoms with Crippen LogP contribution in [0, 0.1) is 0 Å². The summed E-state index contributed by atoms with van der Waals surface area (Å²) in [5, 5.41) is 0. The second kappa shape index (κ2) is 2.84. The number of fused-ring (bicyclic) bond motifs is 3. The molecule has 3 aliphatic heterocycles. The molecule has 4 rings (SSSR count). The van der Waals surface area contributed by atoms with E-state index in [0.29, 0.717) is 12.8 Å². The average molecular weight is 240 g/mol. The Morgan fingerprint density at radius 2 is 1.94 bits per heavy atom. The predicted molar refractivity (Wildman–Crippen MR) is 55.2 cm³/mol. The zero-order valence-corrected chi connectivity index (χ0v) is 9.97. The van der Waals surface area contributed by atoms with E-state index in [4.69, 9.17) is 18.9 Å². The molecule has 5 atom stereocenters. The molecule has 0 N–H and O–H groups in total. The summed E-state index contributed by atoms with van der Waals surface area (Å²) in [5.74, 6) is -0.706. The molecule has 2 bridgehead atoms. The van der Waals surface area contributed by atoms with E-state index in [1.54, 1.807) is 0 Å². The molecule has 3 saturated heterocycles. The van der Waals surface area contributed by atoms with Crippen LogP contribution in [0.2, 0.25) is 0 Å². The first-order valence-corrected chi connectivity index (χ1v) is 6.20. The highest BCUT2D eigenvalue weighted by Crippen LogP contribution is 2.53. The van der Waals surface area contributed by atoms with Crippen molar-refractivity contribution in [1.29, 1.82) is 0 Å². The summed E-state index contributed by atoms with van der Waals surface area (Å²) in [4.78, 5) is 11.4. The number of carbonyl (C=O) groups excluding carboxylic acids is 1. The molecule has 0 aromatic carbocycles. The molecule has 5 nitrogen and oxygen atoms in total. The van der Waals surface area contributed by atoms with Crippen molar-refractivity contribution in [2.24, 2.45) is 0 Å². The van der Waals surface area contributed by atoms with Crippen molar-refractivity contribution in [2.45, 2.75) is 68.9 Å². The first-order chi connectivity index (χ1) is 7.97. The van der Waals surface area contributed by atoms with E-state index < -0.39 is 11.4 Å². The van der Waals surface area contributed by atoms with Crippen molar-refractivity contribution in [3.63, 3.8) is 0 Å². The van der Waals surface area contributed by atoms with E-state index >= 15 is 0 Å². The summed E-state index contributed by atoms with van der Waals surface area (Å²) < 4.78 is 23.2. The van der Waals surface area contributed by atoms with Gasteiger partial charge >= 0.3 is 5.97 Å². The highest BCUT2D eigenvalue weighted by atomic mass is 16.8. The lowest BCUT2D eigenvalue weighted by atomic mass is 9.80. The fourth-order valence-corrected chi connectivity index (χ4v) is 3.74. The zero-order chi connectivity index (χ0) is 11.8. The minimum Gasteiger partial charge on any atom is -0.456 e. The van der Waals surface area contributed by atoms with Gasteiger partial charge in [-0.05, 0) is 13.8 Å². The summed E-state index contributed by atoms with van der Waals surface area (Å²) in [6.07, 6.45) is 1.71. The normalized spacial score (nSPS) is 54.4. The molecular formula is C12H16O5. The number of hydrogen-bond donors (Lipinski definition) is 0. The number of carbonyl (C=O) groups is 1. The predicted octanol–water partition coefficient (Wildman–Crippen LogP) is 0.753. The molecule has 0 amide bonds. The van der Waals surface area contributed by atoms with Gasteiger partial charge in [0, 0.05) is 12.8 Å². The lowest BCUT2D eigenvalue weighted by Crippen LogP contribution is -2.47. The van der Waals surface area contributed by atoms with Crippen LogP contribution in [0.4, 0.5) is 0 Å². The fraction of sp³-hybridized carbons (Fsp3) is 0.917. The Morgan fingerprint density at radius 3 is 2.76 bits per heavy atom. The Labute approximate surface area is 99.3 Å². The first-order valence-electron chi connectivity index (χ1n) is 6.20. The van der Waals surface area contributed by atoms with Crippen molar-refractivity contribution in [2.75, 3.05) is 0 Å². The third-order valence-corrected chi connectivity index (χ3v) is 4.28. The van der Waals surface area contributed by atoms with Crippen LogP contribution < -0.4 is 0 Å². The molecule has 0 radical (unpaired) electrons. The van der Waals surface area contributed by atoms with Gasteiger partial charge in [0.1, 0.15) is 17.8 Å². The van der Waals surface area contributed by atoms with Crippen molar-refractivity contribution in [3.05, 3.63) is 0 Å². The SMILES string of the molecule is CC1(C)O[C@H]2[C@H]3CC4(C[C@H]2O1)OC(=O)CC4O3. The lowest BCUT2D eigenvalue weighted by molar-refractivity contribution is -0.162. The van der Waals surface area contributed by atoms with Crippen LogP contribution in [0.15, 0.2) is 0 Å². The maximum atomic E-state index is 11.4. The van der Waals surface area contributed by atoms with E-state index in [9.17, 15) is 4.79 Å². The Kier molecular flexibility index (Phi) is 1.72. The van der Waals surface area contributed by atoms with Crippen LogP contribution in [0.25, 0.3) is 0 Å². The smallest absolute Gasteiger partial charge is 0.309 e. The van der Waals surface area contributed by atoms with Gasteiger partial charge < -0.3 is 18.9 Å². The van der Waals surface area contributed by atoms with Gasteiger partial charge in [-0.25, -0.2) is 0 Å². The van der Waals surface area contributed by atoms with Crippen LogP contribution in [0.5, 0.6) is 0 Å². The Hall–Kier alpha value is -0.650. The summed E-state index contributed by atoms with van der Waals surface area (Å²) in [6, 6.07) is 0. The molecule has 5 heteroatoms. The summed E-state index contributed by atoms with van der Waals surface area (Å²) in [5.41, 5.74) is -0.438. The minimum atomic E-state index is -0.558. The van der Waals surface area contributed by atoms with Crippen LogP contribution >= 0.6 is 0 Å². The van der Waals surface area contributed by atoms with Crippen molar-refractivity contribution >= 4 is 5.97 Å². The monoisotopic (exact) mass is 240 g/mol. The van der Waals surface area contributed by atoms with Gasteiger partial charge in [-0.15, -0.1) is 0 Å². The van der Waals surface area contributed by atoms with Gasteiger partial charge in [0.2, 0.25) is 0 Å². The molecule has 4 fully saturated rings. The molecule has 0 aromatic rings. The van der Waals surface area contributed by atoms with Crippen LogP contribution in [0.1, 0.15) is 33.1 Å². The quantitative estimate of drug-likeness (QED) is 0.585. The van der Waals surface area contributed by atoms with Crippen LogP contribution in [-0.2, 0) is 23.7 Å².